The molecule has 0 amide bonds. The molecule has 3 rings (SSSR count). The van der Waals surface area contributed by atoms with Crippen molar-refractivity contribution in [2.24, 2.45) is 0 Å². The number of nitrogens with zero attached hydrogens (tertiary/aromatic N) is 2. The van der Waals surface area contributed by atoms with Gasteiger partial charge in [0.15, 0.2) is 15.5 Å². The Bertz CT molecular complexity index is 1150. The Labute approximate surface area is 167 Å². The highest BCUT2D eigenvalue weighted by molar-refractivity contribution is 7.90. The van der Waals surface area contributed by atoms with E-state index in [-0.39, 0.29) is 27.0 Å². The first-order valence-corrected chi connectivity index (χ1v) is 10.1. The molecular formula is C17H10Cl2F4N2O2S. The van der Waals surface area contributed by atoms with E-state index in [4.69, 9.17) is 23.2 Å². The van der Waals surface area contributed by atoms with E-state index in [1.54, 1.807) is 0 Å². The van der Waals surface area contributed by atoms with Crippen LogP contribution in [0, 0.1) is 5.82 Å². The van der Waals surface area contributed by atoms with Crippen LogP contribution in [0.3, 0.4) is 0 Å². The average Bonchev–Trinajstić information content (AvgIpc) is 2.98. The Morgan fingerprint density at radius 1 is 1.00 bits per heavy atom. The molecule has 148 valence electrons. The molecule has 0 aliphatic heterocycles. The van der Waals surface area contributed by atoms with Gasteiger partial charge in [-0.05, 0) is 36.4 Å². The van der Waals surface area contributed by atoms with Gasteiger partial charge >= 0.3 is 6.18 Å². The van der Waals surface area contributed by atoms with Crippen molar-refractivity contribution in [3.05, 3.63) is 64.0 Å². The van der Waals surface area contributed by atoms with Gasteiger partial charge in [-0.15, -0.1) is 0 Å². The molecule has 2 aromatic carbocycles. The van der Waals surface area contributed by atoms with E-state index in [1.807, 2.05) is 0 Å². The molecule has 0 saturated carbocycles. The van der Waals surface area contributed by atoms with Crippen molar-refractivity contribution in [2.45, 2.75) is 11.1 Å². The minimum Gasteiger partial charge on any atom is -0.232 e. The van der Waals surface area contributed by atoms with Crippen LogP contribution in [0.1, 0.15) is 5.69 Å². The molecule has 11 heteroatoms. The minimum absolute atomic E-state index is 0.0526. The van der Waals surface area contributed by atoms with Crippen molar-refractivity contribution in [3.8, 4) is 16.9 Å². The fourth-order valence-electron chi connectivity index (χ4n) is 2.55. The Morgan fingerprint density at radius 3 is 2.11 bits per heavy atom. The topological polar surface area (TPSA) is 52.0 Å². The summed E-state index contributed by atoms with van der Waals surface area (Å²) in [7, 11) is -3.84. The van der Waals surface area contributed by atoms with Crippen LogP contribution < -0.4 is 0 Å². The van der Waals surface area contributed by atoms with Crippen molar-refractivity contribution in [3.63, 3.8) is 0 Å². The fourth-order valence-corrected chi connectivity index (χ4v) is 3.80. The lowest BCUT2D eigenvalue weighted by atomic mass is 10.1. The normalized spacial score (nSPS) is 12.4. The van der Waals surface area contributed by atoms with Crippen LogP contribution in [0.2, 0.25) is 10.0 Å². The van der Waals surface area contributed by atoms with Gasteiger partial charge in [0.05, 0.1) is 11.4 Å². The molecule has 28 heavy (non-hydrogen) atoms. The van der Waals surface area contributed by atoms with Crippen molar-refractivity contribution in [1.29, 1.82) is 0 Å². The third-order valence-corrected chi connectivity index (χ3v) is 5.28. The molecule has 0 saturated heterocycles. The summed E-state index contributed by atoms with van der Waals surface area (Å²) < 4.78 is 77.8. The van der Waals surface area contributed by atoms with E-state index < -0.39 is 32.4 Å². The predicted octanol–water partition coefficient (Wildman–Crippen LogP) is 5.41. The summed E-state index contributed by atoms with van der Waals surface area (Å²) in [6, 6.07) is 7.83. The van der Waals surface area contributed by atoms with Crippen molar-refractivity contribution in [2.75, 3.05) is 6.26 Å². The van der Waals surface area contributed by atoms with Gasteiger partial charge in [-0.2, -0.15) is 18.3 Å². The van der Waals surface area contributed by atoms with Gasteiger partial charge in [0.1, 0.15) is 10.7 Å². The van der Waals surface area contributed by atoms with E-state index >= 15 is 0 Å². The van der Waals surface area contributed by atoms with Crippen LogP contribution in [0.25, 0.3) is 16.9 Å². The van der Waals surface area contributed by atoms with Gasteiger partial charge in [0.25, 0.3) is 0 Å². The molecule has 0 atom stereocenters. The lowest BCUT2D eigenvalue weighted by molar-refractivity contribution is -0.141. The lowest BCUT2D eigenvalue weighted by Gasteiger charge is -2.10. The molecule has 0 bridgehead atoms. The number of benzene rings is 2. The highest BCUT2D eigenvalue weighted by Crippen LogP contribution is 2.35. The third-order valence-electron chi connectivity index (χ3n) is 3.72. The number of halogens is 6. The summed E-state index contributed by atoms with van der Waals surface area (Å²) in [6.07, 6.45) is -3.94. The Hall–Kier alpha value is -2.10. The largest absolute Gasteiger partial charge is 0.435 e. The standard InChI is InChI=1S/C17H10Cl2F4N2O2S/c1-28(26,27)15-3-2-12(7-13(15)20)25-14(8-16(24-25)17(21,22)23)9-4-10(18)6-11(19)5-9/h2-8H,1H3. The summed E-state index contributed by atoms with van der Waals surface area (Å²) in [6.45, 7) is 0. The first-order valence-electron chi connectivity index (χ1n) is 7.50. The van der Waals surface area contributed by atoms with Crippen LogP contribution >= 0.6 is 23.2 Å². The highest BCUT2D eigenvalue weighted by atomic mass is 35.5. The van der Waals surface area contributed by atoms with Crippen LogP contribution in [0.4, 0.5) is 17.6 Å². The first kappa shape index (κ1) is 20.6. The minimum atomic E-state index is -4.76. The van der Waals surface area contributed by atoms with Gasteiger partial charge in [-0.25, -0.2) is 17.5 Å². The van der Waals surface area contributed by atoms with E-state index in [9.17, 15) is 26.0 Å². The van der Waals surface area contributed by atoms with E-state index in [0.29, 0.717) is 0 Å². The number of hydrogen-bond donors (Lipinski definition) is 0. The van der Waals surface area contributed by atoms with Gasteiger partial charge in [-0.1, -0.05) is 23.2 Å². The Kier molecular flexibility index (Phi) is 5.20. The smallest absolute Gasteiger partial charge is 0.232 e. The second kappa shape index (κ2) is 7.06. The van der Waals surface area contributed by atoms with Crippen molar-refractivity contribution < 1.29 is 26.0 Å². The third kappa shape index (κ3) is 4.16. The maximum absolute atomic E-state index is 14.3. The summed E-state index contributed by atoms with van der Waals surface area (Å²) in [5, 5.41) is 3.88. The van der Waals surface area contributed by atoms with E-state index in [2.05, 4.69) is 5.10 Å². The second-order valence-corrected chi connectivity index (χ2v) is 8.73. The lowest BCUT2D eigenvalue weighted by Crippen LogP contribution is -2.08. The van der Waals surface area contributed by atoms with Crippen LogP contribution in [-0.4, -0.2) is 24.5 Å². The van der Waals surface area contributed by atoms with Crippen molar-refractivity contribution >= 4 is 33.0 Å². The number of rotatable bonds is 3. The van der Waals surface area contributed by atoms with Gasteiger partial charge < -0.3 is 0 Å². The summed E-state index contributed by atoms with van der Waals surface area (Å²) >= 11 is 11.9. The predicted molar refractivity (Wildman–Crippen MR) is 97.1 cm³/mol. The monoisotopic (exact) mass is 452 g/mol. The van der Waals surface area contributed by atoms with E-state index in [1.165, 1.54) is 18.2 Å². The van der Waals surface area contributed by atoms with E-state index in [0.717, 1.165) is 35.2 Å². The first-order chi connectivity index (χ1) is 12.9. The number of alkyl halides is 3. The molecule has 1 heterocycles. The Balaban J connectivity index is 2.26. The van der Waals surface area contributed by atoms with Crippen LogP contribution in [0.15, 0.2) is 47.4 Å². The molecule has 0 aliphatic rings. The summed E-state index contributed by atoms with van der Waals surface area (Å²) in [5.74, 6) is -1.11. The zero-order valence-corrected chi connectivity index (χ0v) is 16.3. The van der Waals surface area contributed by atoms with Crippen molar-refractivity contribution in [1.82, 2.24) is 9.78 Å². The quantitative estimate of drug-likeness (QED) is 0.499. The maximum atomic E-state index is 14.3. The molecule has 0 spiro atoms. The summed E-state index contributed by atoms with van der Waals surface area (Å²) in [4.78, 5) is -0.577. The number of aromatic nitrogens is 2. The fraction of sp³-hybridized carbons (Fsp3) is 0.118. The second-order valence-electron chi connectivity index (χ2n) is 5.87. The number of hydrogen-bond acceptors (Lipinski definition) is 3. The molecule has 0 aliphatic carbocycles. The molecule has 4 nitrogen and oxygen atoms in total. The molecule has 3 aromatic rings. The maximum Gasteiger partial charge on any atom is 0.435 e. The average molecular weight is 453 g/mol. The SMILES string of the molecule is CS(=O)(=O)c1ccc(-n2nc(C(F)(F)F)cc2-c2cc(Cl)cc(Cl)c2)cc1F. The molecular weight excluding hydrogens is 443 g/mol. The van der Waals surface area contributed by atoms with Gasteiger partial charge in [0.2, 0.25) is 0 Å². The van der Waals surface area contributed by atoms with Gasteiger partial charge in [0, 0.05) is 27.9 Å². The molecule has 0 fully saturated rings. The van der Waals surface area contributed by atoms with Crippen LogP contribution in [0.5, 0.6) is 0 Å². The highest BCUT2D eigenvalue weighted by Gasteiger charge is 2.35. The molecule has 0 radical (unpaired) electrons. The zero-order chi connectivity index (χ0) is 20.9. The molecule has 1 aromatic heterocycles. The molecule has 0 N–H and O–H groups in total. The van der Waals surface area contributed by atoms with Crippen LogP contribution in [-0.2, 0) is 16.0 Å². The molecule has 0 unspecified atom stereocenters. The van der Waals surface area contributed by atoms with Gasteiger partial charge in [-0.3, -0.25) is 0 Å². The Morgan fingerprint density at radius 2 is 1.61 bits per heavy atom. The zero-order valence-electron chi connectivity index (χ0n) is 13.9. The number of sulfone groups is 1. The summed E-state index contributed by atoms with van der Waals surface area (Å²) in [5.41, 5.74) is -1.16.